The molecule has 1 aromatic heterocycles. The van der Waals surface area contributed by atoms with Gasteiger partial charge in [0.1, 0.15) is 0 Å². The number of rotatable bonds is 4. The molecule has 2 N–H and O–H groups in total. The Balaban J connectivity index is 2.32. The molecule has 5 nitrogen and oxygen atoms in total. The Bertz CT molecular complexity index is 283. The van der Waals surface area contributed by atoms with Crippen molar-refractivity contribution >= 4 is 6.09 Å². The highest BCUT2D eigenvalue weighted by molar-refractivity contribution is 5.64. The molecule has 1 aromatic rings. The highest BCUT2D eigenvalue weighted by atomic mass is 16.4. The van der Waals surface area contributed by atoms with Gasteiger partial charge in [0.15, 0.2) is 0 Å². The van der Waals surface area contributed by atoms with E-state index in [-0.39, 0.29) is 0 Å². The maximum atomic E-state index is 10.1. The van der Waals surface area contributed by atoms with Gasteiger partial charge < -0.3 is 15.0 Å². The van der Waals surface area contributed by atoms with E-state index in [1.807, 2.05) is 17.7 Å². The van der Waals surface area contributed by atoms with Gasteiger partial charge in [-0.25, -0.2) is 9.78 Å². The Morgan fingerprint density at radius 3 is 3.08 bits per heavy atom. The standard InChI is InChI=1S/C8H13N3O2/c1-2-7-5-11(6-10-7)4-3-9-8(12)13/h5-6,9H,2-4H2,1H3,(H,12,13). The summed E-state index contributed by atoms with van der Waals surface area (Å²) in [6.07, 6.45) is 3.54. The van der Waals surface area contributed by atoms with Gasteiger partial charge in [0, 0.05) is 19.3 Å². The fourth-order valence-corrected chi connectivity index (χ4v) is 1.00. The Morgan fingerprint density at radius 1 is 1.77 bits per heavy atom. The molecule has 0 unspecified atom stereocenters. The zero-order valence-corrected chi connectivity index (χ0v) is 7.53. The zero-order valence-electron chi connectivity index (χ0n) is 7.53. The van der Waals surface area contributed by atoms with Crippen LogP contribution in [0.25, 0.3) is 0 Å². The van der Waals surface area contributed by atoms with E-state index in [1.54, 1.807) is 6.33 Å². The normalized spacial score (nSPS) is 9.92. The van der Waals surface area contributed by atoms with Gasteiger partial charge in [-0.05, 0) is 6.42 Å². The number of nitrogens with one attached hydrogen (secondary N) is 1. The molecule has 1 amide bonds. The highest BCUT2D eigenvalue weighted by Gasteiger charge is 1.96. The van der Waals surface area contributed by atoms with E-state index in [4.69, 9.17) is 5.11 Å². The van der Waals surface area contributed by atoms with Crippen LogP contribution < -0.4 is 5.32 Å². The lowest BCUT2D eigenvalue weighted by Gasteiger charge is -2.00. The largest absolute Gasteiger partial charge is 0.465 e. The number of aryl methyl sites for hydroxylation is 1. The smallest absolute Gasteiger partial charge is 0.404 e. The molecule has 0 spiro atoms. The third-order valence-corrected chi connectivity index (χ3v) is 1.70. The van der Waals surface area contributed by atoms with E-state index < -0.39 is 6.09 Å². The average molecular weight is 183 g/mol. The van der Waals surface area contributed by atoms with Crippen LogP contribution in [0.5, 0.6) is 0 Å². The Labute approximate surface area is 76.4 Å². The molecule has 0 aliphatic carbocycles. The molecule has 72 valence electrons. The number of aromatic nitrogens is 2. The van der Waals surface area contributed by atoms with Crippen molar-refractivity contribution in [3.05, 3.63) is 18.2 Å². The van der Waals surface area contributed by atoms with Crippen LogP contribution in [0.2, 0.25) is 0 Å². The van der Waals surface area contributed by atoms with Crippen LogP contribution in [0.4, 0.5) is 4.79 Å². The number of imidazole rings is 1. The van der Waals surface area contributed by atoms with Gasteiger partial charge in [0.05, 0.1) is 12.0 Å². The number of carboxylic acid groups (broad SMARTS) is 1. The molecule has 0 aliphatic rings. The molecule has 0 saturated carbocycles. The highest BCUT2D eigenvalue weighted by Crippen LogP contribution is 1.95. The second-order valence-corrected chi connectivity index (χ2v) is 2.69. The lowest BCUT2D eigenvalue weighted by atomic mass is 10.4. The molecular weight excluding hydrogens is 170 g/mol. The predicted octanol–water partition coefficient (Wildman–Crippen LogP) is 0.713. The molecule has 1 rings (SSSR count). The summed E-state index contributed by atoms with van der Waals surface area (Å²) in [6.45, 7) is 3.07. The van der Waals surface area contributed by atoms with E-state index in [9.17, 15) is 4.79 Å². The minimum atomic E-state index is -0.990. The molecule has 1 heterocycles. The molecule has 0 saturated heterocycles. The first-order valence-electron chi connectivity index (χ1n) is 4.20. The van der Waals surface area contributed by atoms with Gasteiger partial charge in [0.2, 0.25) is 0 Å². The lowest BCUT2D eigenvalue weighted by Crippen LogP contribution is -2.24. The van der Waals surface area contributed by atoms with Crippen molar-refractivity contribution in [1.82, 2.24) is 14.9 Å². The van der Waals surface area contributed by atoms with E-state index >= 15 is 0 Å². The monoisotopic (exact) mass is 183 g/mol. The molecule has 0 aliphatic heterocycles. The van der Waals surface area contributed by atoms with E-state index in [0.717, 1.165) is 12.1 Å². The lowest BCUT2D eigenvalue weighted by molar-refractivity contribution is 0.194. The van der Waals surface area contributed by atoms with Gasteiger partial charge in [-0.2, -0.15) is 0 Å². The number of nitrogens with zero attached hydrogens (tertiary/aromatic N) is 2. The molecule has 0 bridgehead atoms. The van der Waals surface area contributed by atoms with Crippen molar-refractivity contribution < 1.29 is 9.90 Å². The number of hydrogen-bond donors (Lipinski definition) is 2. The van der Waals surface area contributed by atoms with Crippen LogP contribution in [0, 0.1) is 0 Å². The van der Waals surface area contributed by atoms with Gasteiger partial charge in [-0.1, -0.05) is 6.92 Å². The summed E-state index contributed by atoms with van der Waals surface area (Å²) in [5, 5.41) is 10.6. The minimum Gasteiger partial charge on any atom is -0.465 e. The topological polar surface area (TPSA) is 67.2 Å². The van der Waals surface area contributed by atoms with Crippen LogP contribution in [-0.4, -0.2) is 27.3 Å². The number of amides is 1. The fraction of sp³-hybridized carbons (Fsp3) is 0.500. The predicted molar refractivity (Wildman–Crippen MR) is 47.6 cm³/mol. The maximum Gasteiger partial charge on any atom is 0.404 e. The molecule has 13 heavy (non-hydrogen) atoms. The maximum absolute atomic E-state index is 10.1. The number of carbonyl (C=O) groups is 1. The van der Waals surface area contributed by atoms with E-state index in [2.05, 4.69) is 10.3 Å². The summed E-state index contributed by atoms with van der Waals surface area (Å²) in [7, 11) is 0. The van der Waals surface area contributed by atoms with Crippen LogP contribution in [0.15, 0.2) is 12.5 Å². The second kappa shape index (κ2) is 4.49. The van der Waals surface area contributed by atoms with Gasteiger partial charge >= 0.3 is 6.09 Å². The third kappa shape index (κ3) is 3.14. The number of hydrogen-bond acceptors (Lipinski definition) is 2. The van der Waals surface area contributed by atoms with Crippen molar-refractivity contribution in [3.8, 4) is 0 Å². The quantitative estimate of drug-likeness (QED) is 0.722. The first kappa shape index (κ1) is 9.57. The van der Waals surface area contributed by atoms with Crippen molar-refractivity contribution in [3.63, 3.8) is 0 Å². The first-order chi connectivity index (χ1) is 6.22. The molecule has 5 heteroatoms. The van der Waals surface area contributed by atoms with E-state index in [1.165, 1.54) is 0 Å². The fourth-order valence-electron chi connectivity index (χ4n) is 1.00. The summed E-state index contributed by atoms with van der Waals surface area (Å²) in [6, 6.07) is 0. The van der Waals surface area contributed by atoms with Crippen LogP contribution in [-0.2, 0) is 13.0 Å². The van der Waals surface area contributed by atoms with Gasteiger partial charge in [-0.15, -0.1) is 0 Å². The average Bonchev–Trinajstić information content (AvgIpc) is 2.52. The third-order valence-electron chi connectivity index (χ3n) is 1.70. The van der Waals surface area contributed by atoms with E-state index in [0.29, 0.717) is 13.1 Å². The molecule has 0 fully saturated rings. The SMILES string of the molecule is CCc1cn(CCNC(=O)O)cn1. The van der Waals surface area contributed by atoms with Crippen molar-refractivity contribution in [1.29, 1.82) is 0 Å². The second-order valence-electron chi connectivity index (χ2n) is 2.69. The van der Waals surface area contributed by atoms with Gasteiger partial charge in [0.25, 0.3) is 0 Å². The summed E-state index contributed by atoms with van der Waals surface area (Å²) in [5.41, 5.74) is 1.02. The summed E-state index contributed by atoms with van der Waals surface area (Å²) in [4.78, 5) is 14.2. The Kier molecular flexibility index (Phi) is 3.31. The molecule has 0 aromatic carbocycles. The Morgan fingerprint density at radius 2 is 2.54 bits per heavy atom. The zero-order chi connectivity index (χ0) is 9.68. The minimum absolute atomic E-state index is 0.412. The van der Waals surface area contributed by atoms with Crippen molar-refractivity contribution in [2.24, 2.45) is 0 Å². The van der Waals surface area contributed by atoms with Crippen LogP contribution in [0.3, 0.4) is 0 Å². The summed E-state index contributed by atoms with van der Waals surface area (Å²) in [5.74, 6) is 0. The molecule has 0 atom stereocenters. The molecular formula is C8H13N3O2. The Hall–Kier alpha value is -1.52. The van der Waals surface area contributed by atoms with Gasteiger partial charge in [-0.3, -0.25) is 0 Å². The molecule has 0 radical (unpaired) electrons. The van der Waals surface area contributed by atoms with Crippen LogP contribution in [0.1, 0.15) is 12.6 Å². The van der Waals surface area contributed by atoms with Crippen molar-refractivity contribution in [2.45, 2.75) is 19.9 Å². The summed E-state index contributed by atoms with van der Waals surface area (Å²) < 4.78 is 1.87. The first-order valence-corrected chi connectivity index (χ1v) is 4.20. The summed E-state index contributed by atoms with van der Waals surface area (Å²) >= 11 is 0. The van der Waals surface area contributed by atoms with Crippen LogP contribution >= 0.6 is 0 Å². The van der Waals surface area contributed by atoms with Crippen molar-refractivity contribution in [2.75, 3.05) is 6.54 Å².